The van der Waals surface area contributed by atoms with Crippen LogP contribution in [-0.4, -0.2) is 18.2 Å². The van der Waals surface area contributed by atoms with Gasteiger partial charge in [0.2, 0.25) is 0 Å². The minimum Gasteiger partial charge on any atom is -0.496 e. The SMILES string of the molecule is COc1ccc(CC(=O)CBr)cc1C. The summed E-state index contributed by atoms with van der Waals surface area (Å²) in [5.74, 6) is 1.05. The number of halogens is 1. The Kier molecular flexibility index (Phi) is 4.14. The molecule has 0 aromatic heterocycles. The van der Waals surface area contributed by atoms with Crippen LogP contribution in [0.3, 0.4) is 0 Å². The number of benzene rings is 1. The lowest BCUT2D eigenvalue weighted by Crippen LogP contribution is -2.03. The summed E-state index contributed by atoms with van der Waals surface area (Å²) in [4.78, 5) is 11.2. The smallest absolute Gasteiger partial charge is 0.147 e. The first kappa shape index (κ1) is 11.2. The van der Waals surface area contributed by atoms with E-state index < -0.39 is 0 Å². The number of hydrogen-bond donors (Lipinski definition) is 0. The molecule has 1 aromatic rings. The second-order valence-corrected chi connectivity index (χ2v) is 3.71. The molecule has 0 heterocycles. The predicted octanol–water partition coefficient (Wildman–Crippen LogP) is 2.51. The standard InChI is InChI=1S/C11H13BrO2/c1-8-5-9(6-10(13)7-12)3-4-11(8)14-2/h3-5H,6-7H2,1-2H3. The Labute approximate surface area is 92.4 Å². The summed E-state index contributed by atoms with van der Waals surface area (Å²) < 4.78 is 5.14. The monoisotopic (exact) mass is 256 g/mol. The number of hydrogen-bond acceptors (Lipinski definition) is 2. The van der Waals surface area contributed by atoms with Crippen molar-refractivity contribution in [3.8, 4) is 5.75 Å². The molecule has 0 bridgehead atoms. The van der Waals surface area contributed by atoms with Crippen molar-refractivity contribution in [1.82, 2.24) is 0 Å². The molecule has 0 unspecified atom stereocenters. The fourth-order valence-corrected chi connectivity index (χ4v) is 1.52. The van der Waals surface area contributed by atoms with Crippen LogP contribution in [0.5, 0.6) is 5.75 Å². The van der Waals surface area contributed by atoms with E-state index in [9.17, 15) is 4.79 Å². The molecule has 0 saturated carbocycles. The predicted molar refractivity (Wildman–Crippen MR) is 60.2 cm³/mol. The van der Waals surface area contributed by atoms with Gasteiger partial charge in [0.1, 0.15) is 11.5 Å². The van der Waals surface area contributed by atoms with Crippen molar-refractivity contribution in [2.24, 2.45) is 0 Å². The van der Waals surface area contributed by atoms with Crippen molar-refractivity contribution in [2.75, 3.05) is 12.4 Å². The highest BCUT2D eigenvalue weighted by atomic mass is 79.9. The molecule has 0 saturated heterocycles. The zero-order chi connectivity index (χ0) is 10.6. The van der Waals surface area contributed by atoms with Crippen LogP contribution < -0.4 is 4.74 Å². The lowest BCUT2D eigenvalue weighted by Gasteiger charge is -2.06. The van der Waals surface area contributed by atoms with E-state index in [2.05, 4.69) is 15.9 Å². The lowest BCUT2D eigenvalue weighted by molar-refractivity contribution is -0.115. The Bertz CT molecular complexity index is 334. The van der Waals surface area contributed by atoms with Crippen LogP contribution in [0.25, 0.3) is 0 Å². The Balaban J connectivity index is 2.81. The van der Waals surface area contributed by atoms with Crippen molar-refractivity contribution >= 4 is 21.7 Å². The molecule has 1 rings (SSSR count). The topological polar surface area (TPSA) is 26.3 Å². The average molecular weight is 257 g/mol. The normalized spacial score (nSPS) is 9.93. The molecule has 0 fully saturated rings. The van der Waals surface area contributed by atoms with Gasteiger partial charge in [-0.3, -0.25) is 4.79 Å². The van der Waals surface area contributed by atoms with E-state index in [4.69, 9.17) is 4.74 Å². The molecule has 0 atom stereocenters. The minimum atomic E-state index is 0.189. The average Bonchev–Trinajstić information content (AvgIpc) is 2.18. The van der Waals surface area contributed by atoms with E-state index in [1.807, 2.05) is 25.1 Å². The number of alkyl halides is 1. The van der Waals surface area contributed by atoms with Crippen LogP contribution in [0.2, 0.25) is 0 Å². The van der Waals surface area contributed by atoms with Crippen LogP contribution in [0, 0.1) is 6.92 Å². The number of ether oxygens (including phenoxy) is 1. The Morgan fingerprint density at radius 2 is 2.21 bits per heavy atom. The first-order valence-corrected chi connectivity index (χ1v) is 5.50. The highest BCUT2D eigenvalue weighted by molar-refractivity contribution is 9.09. The molecule has 3 heteroatoms. The zero-order valence-corrected chi connectivity index (χ0v) is 9.93. The minimum absolute atomic E-state index is 0.189. The number of Topliss-reactive ketones (excluding diaryl/α,β-unsaturated/α-hetero) is 1. The van der Waals surface area contributed by atoms with E-state index in [-0.39, 0.29) is 5.78 Å². The number of aryl methyl sites for hydroxylation is 1. The molecule has 0 spiro atoms. The van der Waals surface area contributed by atoms with E-state index >= 15 is 0 Å². The van der Waals surface area contributed by atoms with Crippen LogP contribution >= 0.6 is 15.9 Å². The van der Waals surface area contributed by atoms with Crippen LogP contribution in [-0.2, 0) is 11.2 Å². The van der Waals surface area contributed by atoms with Crippen LogP contribution in [0.4, 0.5) is 0 Å². The van der Waals surface area contributed by atoms with E-state index in [0.717, 1.165) is 16.9 Å². The number of carbonyl (C=O) groups excluding carboxylic acids is 1. The highest BCUT2D eigenvalue weighted by Crippen LogP contribution is 2.18. The van der Waals surface area contributed by atoms with Gasteiger partial charge in [-0.25, -0.2) is 0 Å². The van der Waals surface area contributed by atoms with Crippen molar-refractivity contribution < 1.29 is 9.53 Å². The molecule has 0 aliphatic carbocycles. The quantitative estimate of drug-likeness (QED) is 0.775. The fourth-order valence-electron chi connectivity index (χ4n) is 1.33. The number of ketones is 1. The van der Waals surface area contributed by atoms with Gasteiger partial charge in [0.15, 0.2) is 0 Å². The fraction of sp³-hybridized carbons (Fsp3) is 0.364. The molecular weight excluding hydrogens is 244 g/mol. The molecule has 14 heavy (non-hydrogen) atoms. The molecular formula is C11H13BrO2. The zero-order valence-electron chi connectivity index (χ0n) is 8.34. The van der Waals surface area contributed by atoms with E-state index in [0.29, 0.717) is 11.8 Å². The first-order chi connectivity index (χ1) is 6.67. The highest BCUT2D eigenvalue weighted by Gasteiger charge is 2.04. The maximum atomic E-state index is 11.2. The van der Waals surface area contributed by atoms with E-state index in [1.54, 1.807) is 7.11 Å². The summed E-state index contributed by atoms with van der Waals surface area (Å²) in [5, 5.41) is 0.415. The van der Waals surface area contributed by atoms with Gasteiger partial charge in [-0.2, -0.15) is 0 Å². The maximum absolute atomic E-state index is 11.2. The third-order valence-electron chi connectivity index (χ3n) is 2.01. The number of carbonyl (C=O) groups is 1. The van der Waals surface area contributed by atoms with Gasteiger partial charge in [0.05, 0.1) is 12.4 Å². The summed E-state index contributed by atoms with van der Waals surface area (Å²) in [5.41, 5.74) is 2.10. The second-order valence-electron chi connectivity index (χ2n) is 3.15. The van der Waals surface area contributed by atoms with Gasteiger partial charge in [0.25, 0.3) is 0 Å². The summed E-state index contributed by atoms with van der Waals surface area (Å²) in [6.45, 7) is 1.97. The Hall–Kier alpha value is -0.830. The first-order valence-electron chi connectivity index (χ1n) is 4.38. The summed E-state index contributed by atoms with van der Waals surface area (Å²) in [7, 11) is 1.64. The molecule has 1 aromatic carbocycles. The molecule has 2 nitrogen and oxygen atoms in total. The van der Waals surface area contributed by atoms with Gasteiger partial charge >= 0.3 is 0 Å². The van der Waals surface area contributed by atoms with Crippen molar-refractivity contribution in [3.05, 3.63) is 29.3 Å². The summed E-state index contributed by atoms with van der Waals surface area (Å²) in [6, 6.07) is 5.80. The van der Waals surface area contributed by atoms with Gasteiger partial charge in [-0.15, -0.1) is 0 Å². The molecule has 0 amide bonds. The molecule has 0 aliphatic rings. The molecule has 0 aliphatic heterocycles. The third kappa shape index (κ3) is 2.84. The van der Waals surface area contributed by atoms with Crippen molar-refractivity contribution in [3.63, 3.8) is 0 Å². The molecule has 0 N–H and O–H groups in total. The Morgan fingerprint density at radius 1 is 1.50 bits per heavy atom. The van der Waals surface area contributed by atoms with Gasteiger partial charge in [-0.05, 0) is 24.1 Å². The van der Waals surface area contributed by atoms with Gasteiger partial charge in [0, 0.05) is 6.42 Å². The molecule has 76 valence electrons. The maximum Gasteiger partial charge on any atom is 0.147 e. The van der Waals surface area contributed by atoms with Gasteiger partial charge < -0.3 is 4.74 Å². The van der Waals surface area contributed by atoms with Crippen molar-refractivity contribution in [2.45, 2.75) is 13.3 Å². The Morgan fingerprint density at radius 3 is 2.71 bits per heavy atom. The van der Waals surface area contributed by atoms with Crippen molar-refractivity contribution in [1.29, 1.82) is 0 Å². The second kappa shape index (κ2) is 5.15. The van der Waals surface area contributed by atoms with Crippen LogP contribution in [0.15, 0.2) is 18.2 Å². The van der Waals surface area contributed by atoms with Gasteiger partial charge in [-0.1, -0.05) is 28.1 Å². The summed E-state index contributed by atoms with van der Waals surface area (Å²) >= 11 is 3.14. The molecule has 0 radical (unpaired) electrons. The van der Waals surface area contributed by atoms with Crippen LogP contribution in [0.1, 0.15) is 11.1 Å². The summed E-state index contributed by atoms with van der Waals surface area (Å²) in [6.07, 6.45) is 0.482. The number of methoxy groups -OCH3 is 1. The number of rotatable bonds is 4. The lowest BCUT2D eigenvalue weighted by atomic mass is 10.1. The van der Waals surface area contributed by atoms with E-state index in [1.165, 1.54) is 0 Å². The largest absolute Gasteiger partial charge is 0.496 e. The third-order valence-corrected chi connectivity index (χ3v) is 2.64.